The van der Waals surface area contributed by atoms with Crippen molar-refractivity contribution in [3.8, 4) is 0 Å². The van der Waals surface area contributed by atoms with Gasteiger partial charge in [-0.15, -0.1) is 11.8 Å². The predicted octanol–water partition coefficient (Wildman–Crippen LogP) is 4.69. The second-order valence-corrected chi connectivity index (χ2v) is 13.3. The fourth-order valence-corrected chi connectivity index (χ4v) is 6.50. The normalized spacial score (nSPS) is 17.4. The summed E-state index contributed by atoms with van der Waals surface area (Å²) in [5, 5.41) is 20.0. The molecule has 0 spiro atoms. The third kappa shape index (κ3) is 7.81. The average Bonchev–Trinajstić information content (AvgIpc) is 3.27. The highest BCUT2D eigenvalue weighted by Gasteiger charge is 2.49. The number of urea groups is 1. The number of rotatable bonds is 9. The van der Waals surface area contributed by atoms with Crippen molar-refractivity contribution in [1.82, 2.24) is 15.5 Å². The minimum absolute atomic E-state index is 0.224. The fraction of sp³-hybridized carbons (Fsp3) is 0.323. The van der Waals surface area contributed by atoms with Gasteiger partial charge < -0.3 is 26.0 Å². The van der Waals surface area contributed by atoms with Crippen LogP contribution < -0.4 is 16.0 Å². The summed E-state index contributed by atoms with van der Waals surface area (Å²) in [6.45, 7) is 6.16. The van der Waals surface area contributed by atoms with Crippen LogP contribution in [0.4, 0.5) is 10.5 Å². The SMILES string of the molecule is Cc1ccccc1CNC(=O)[C@H]1N(C(=O)[C@@H](O)[C@H](Cc2ccccc2)NC(=O)Nc2ccccc2I)CSC1(C)C. The molecule has 4 amide bonds. The van der Waals surface area contributed by atoms with E-state index in [9.17, 15) is 19.5 Å². The zero-order valence-electron chi connectivity index (χ0n) is 23.3. The first-order chi connectivity index (χ1) is 19.6. The number of carbonyl (C=O) groups is 3. The lowest BCUT2D eigenvalue weighted by atomic mass is 9.97. The molecule has 0 aliphatic carbocycles. The Bertz CT molecular complexity index is 1390. The Labute approximate surface area is 258 Å². The molecule has 1 heterocycles. The van der Waals surface area contributed by atoms with Crippen molar-refractivity contribution in [1.29, 1.82) is 0 Å². The summed E-state index contributed by atoms with van der Waals surface area (Å²) >= 11 is 3.61. The van der Waals surface area contributed by atoms with E-state index < -0.39 is 34.9 Å². The molecule has 0 saturated carbocycles. The van der Waals surface area contributed by atoms with Gasteiger partial charge in [-0.3, -0.25) is 9.59 Å². The Balaban J connectivity index is 1.52. The molecular weight excluding hydrogens is 651 g/mol. The van der Waals surface area contributed by atoms with E-state index in [1.165, 1.54) is 16.7 Å². The number of hydrogen-bond donors (Lipinski definition) is 4. The van der Waals surface area contributed by atoms with Crippen LogP contribution in [0.3, 0.4) is 0 Å². The molecule has 0 bridgehead atoms. The summed E-state index contributed by atoms with van der Waals surface area (Å²) in [5.74, 6) is -0.639. The first-order valence-electron chi connectivity index (χ1n) is 13.4. The van der Waals surface area contributed by atoms with Crippen molar-refractivity contribution in [2.24, 2.45) is 0 Å². The Morgan fingerprint density at radius 3 is 2.39 bits per heavy atom. The number of aliphatic hydroxyl groups excluding tert-OH is 1. The van der Waals surface area contributed by atoms with Crippen LogP contribution in [0.1, 0.15) is 30.5 Å². The van der Waals surface area contributed by atoms with Crippen molar-refractivity contribution in [2.75, 3.05) is 11.2 Å². The number of anilines is 1. The van der Waals surface area contributed by atoms with E-state index in [2.05, 4.69) is 38.5 Å². The highest BCUT2D eigenvalue weighted by molar-refractivity contribution is 14.1. The molecule has 1 fully saturated rings. The van der Waals surface area contributed by atoms with E-state index in [1.54, 1.807) is 6.07 Å². The van der Waals surface area contributed by atoms with Gasteiger partial charge >= 0.3 is 6.03 Å². The van der Waals surface area contributed by atoms with Gasteiger partial charge in [0.2, 0.25) is 5.91 Å². The first-order valence-corrected chi connectivity index (χ1v) is 15.4. The number of thioether (sulfide) groups is 1. The molecule has 10 heteroatoms. The first kappa shape index (κ1) is 30.9. The Morgan fingerprint density at radius 2 is 1.68 bits per heavy atom. The third-order valence-corrected chi connectivity index (χ3v) is 9.48. The van der Waals surface area contributed by atoms with E-state index >= 15 is 0 Å². The highest BCUT2D eigenvalue weighted by atomic mass is 127. The van der Waals surface area contributed by atoms with Crippen LogP contribution in [0.5, 0.6) is 0 Å². The number of nitrogens with zero attached hydrogens (tertiary/aromatic N) is 1. The van der Waals surface area contributed by atoms with Gasteiger partial charge in [0.25, 0.3) is 5.91 Å². The zero-order valence-corrected chi connectivity index (χ0v) is 26.2. The molecule has 3 aromatic carbocycles. The standard InChI is InChI=1S/C31H35IN4O4S/c1-20-11-7-8-14-22(20)18-33-28(38)27-31(2,3)41-19-36(27)29(39)26(37)25(17-21-12-5-4-6-13-21)35-30(40)34-24-16-10-9-15-23(24)32/h4-16,25-27,37H,17-19H2,1-3H3,(H,33,38)(H2,34,35,40)/t25-,26-,27+/m0/s1. The Hall–Kier alpha value is -3.09. The van der Waals surface area contributed by atoms with E-state index in [0.29, 0.717) is 12.2 Å². The van der Waals surface area contributed by atoms with Crippen LogP contribution in [0.2, 0.25) is 0 Å². The van der Waals surface area contributed by atoms with Gasteiger partial charge in [-0.1, -0.05) is 66.7 Å². The lowest BCUT2D eigenvalue weighted by Crippen LogP contribution is -2.59. The molecule has 41 heavy (non-hydrogen) atoms. The van der Waals surface area contributed by atoms with Crippen LogP contribution in [-0.4, -0.2) is 56.7 Å². The van der Waals surface area contributed by atoms with Crippen molar-refractivity contribution in [2.45, 2.75) is 56.7 Å². The van der Waals surface area contributed by atoms with E-state index in [0.717, 1.165) is 20.3 Å². The van der Waals surface area contributed by atoms with E-state index in [1.807, 2.05) is 93.6 Å². The van der Waals surface area contributed by atoms with Gasteiger partial charge in [-0.05, 0) is 78.6 Å². The van der Waals surface area contributed by atoms with Gasteiger partial charge in [0.1, 0.15) is 6.04 Å². The smallest absolute Gasteiger partial charge is 0.319 e. The lowest BCUT2D eigenvalue weighted by molar-refractivity contribution is -0.147. The summed E-state index contributed by atoms with van der Waals surface area (Å²) in [4.78, 5) is 41.7. The van der Waals surface area contributed by atoms with Crippen molar-refractivity contribution >= 4 is 57.9 Å². The maximum atomic E-state index is 13.8. The molecular formula is C31H35IN4O4S. The summed E-state index contributed by atoms with van der Waals surface area (Å²) in [6.07, 6.45) is -1.35. The second kappa shape index (κ2) is 13.7. The molecule has 8 nitrogen and oxygen atoms in total. The third-order valence-electron chi connectivity index (χ3n) is 7.16. The number of carbonyl (C=O) groups excluding carboxylic acids is 3. The van der Waals surface area contributed by atoms with Gasteiger partial charge in [0.15, 0.2) is 6.10 Å². The molecule has 1 aliphatic rings. The molecule has 3 aromatic rings. The van der Waals surface area contributed by atoms with Gasteiger partial charge in [0.05, 0.1) is 17.6 Å². The largest absolute Gasteiger partial charge is 0.381 e. The van der Waals surface area contributed by atoms with Crippen molar-refractivity contribution in [3.05, 3.63) is 99.1 Å². The van der Waals surface area contributed by atoms with Gasteiger partial charge in [-0.2, -0.15) is 0 Å². The molecule has 216 valence electrons. The number of amides is 4. The van der Waals surface area contributed by atoms with Crippen molar-refractivity contribution < 1.29 is 19.5 Å². The molecule has 0 aromatic heterocycles. The number of hydrogen-bond acceptors (Lipinski definition) is 5. The van der Waals surface area contributed by atoms with Gasteiger partial charge in [0, 0.05) is 14.9 Å². The molecule has 1 saturated heterocycles. The Morgan fingerprint density at radius 1 is 1.02 bits per heavy atom. The molecule has 0 radical (unpaired) electrons. The minimum Gasteiger partial charge on any atom is -0.381 e. The number of benzene rings is 3. The number of aryl methyl sites for hydroxylation is 1. The van der Waals surface area contributed by atoms with E-state index in [4.69, 9.17) is 0 Å². The van der Waals surface area contributed by atoms with Crippen LogP contribution in [0.25, 0.3) is 0 Å². The Kier molecular flexibility index (Phi) is 10.3. The summed E-state index contributed by atoms with van der Waals surface area (Å²) in [5.41, 5.74) is 3.53. The quantitative estimate of drug-likeness (QED) is 0.245. The zero-order chi connectivity index (χ0) is 29.6. The fourth-order valence-electron chi connectivity index (χ4n) is 4.84. The summed E-state index contributed by atoms with van der Waals surface area (Å²) in [6, 6.07) is 22.2. The predicted molar refractivity (Wildman–Crippen MR) is 171 cm³/mol. The molecule has 4 N–H and O–H groups in total. The summed E-state index contributed by atoms with van der Waals surface area (Å²) in [7, 11) is 0. The van der Waals surface area contributed by atoms with Crippen LogP contribution in [0.15, 0.2) is 78.9 Å². The highest BCUT2D eigenvalue weighted by Crippen LogP contribution is 2.40. The van der Waals surface area contributed by atoms with Crippen molar-refractivity contribution in [3.63, 3.8) is 0 Å². The van der Waals surface area contributed by atoms with Gasteiger partial charge in [-0.25, -0.2) is 4.79 Å². The number of nitrogens with one attached hydrogen (secondary N) is 3. The minimum atomic E-state index is -1.57. The second-order valence-electron chi connectivity index (χ2n) is 10.6. The lowest BCUT2D eigenvalue weighted by Gasteiger charge is -2.33. The monoisotopic (exact) mass is 686 g/mol. The number of para-hydroxylation sites is 1. The van der Waals surface area contributed by atoms with Crippen LogP contribution in [-0.2, 0) is 22.6 Å². The average molecular weight is 687 g/mol. The van der Waals surface area contributed by atoms with Crippen LogP contribution in [0, 0.1) is 10.5 Å². The summed E-state index contributed by atoms with van der Waals surface area (Å²) < 4.78 is 0.280. The maximum Gasteiger partial charge on any atom is 0.319 e. The van der Waals surface area contributed by atoms with E-state index in [-0.39, 0.29) is 18.2 Å². The molecule has 4 rings (SSSR count). The van der Waals surface area contributed by atoms with Crippen LogP contribution >= 0.6 is 34.4 Å². The number of aliphatic hydroxyl groups is 1. The molecule has 0 unspecified atom stereocenters. The molecule has 3 atom stereocenters. The number of halogens is 1. The molecule has 1 aliphatic heterocycles. The maximum absolute atomic E-state index is 13.8. The topological polar surface area (TPSA) is 111 Å².